The molecular weight excluding hydrogens is 450 g/mol. The van der Waals surface area contributed by atoms with Crippen LogP contribution in [0.4, 0.5) is 5.69 Å². The minimum atomic E-state index is -0.602. The standard InChI is InChI=1S/C25H25N5O5/c1-3-28-15-20-22(27-28)23(32)30(14-17-8-6-5-7-9-17)25(34)29(20)16-21(31)26-19-12-10-18(11-13-19)24(33)35-4-2/h5-13,15H,3-4,14,16H2,1-2H3,(H,26,31). The molecule has 10 heteroatoms. The third-order valence-electron chi connectivity index (χ3n) is 5.43. The second-order valence-corrected chi connectivity index (χ2v) is 7.81. The Bertz CT molecular complexity index is 1480. The van der Waals surface area contributed by atoms with Crippen molar-refractivity contribution in [1.82, 2.24) is 18.9 Å². The number of carbonyl (C=O) groups is 2. The number of aromatic nitrogens is 4. The van der Waals surface area contributed by atoms with Gasteiger partial charge in [-0.15, -0.1) is 0 Å². The number of anilines is 1. The van der Waals surface area contributed by atoms with E-state index in [4.69, 9.17) is 4.74 Å². The highest BCUT2D eigenvalue weighted by Crippen LogP contribution is 2.12. The number of hydrogen-bond donors (Lipinski definition) is 1. The van der Waals surface area contributed by atoms with Crippen LogP contribution in [0.5, 0.6) is 0 Å². The Morgan fingerprint density at radius 1 is 0.971 bits per heavy atom. The number of aryl methyl sites for hydroxylation is 1. The summed E-state index contributed by atoms with van der Waals surface area (Å²) in [6.07, 6.45) is 1.59. The quantitative estimate of drug-likeness (QED) is 0.391. The minimum absolute atomic E-state index is 0.0599. The summed E-state index contributed by atoms with van der Waals surface area (Å²) in [5.74, 6) is -0.917. The Labute approximate surface area is 200 Å². The predicted molar refractivity (Wildman–Crippen MR) is 130 cm³/mol. The SMILES string of the molecule is CCOC(=O)c1ccc(NC(=O)Cn2c(=O)n(Cc3ccccc3)c(=O)c3nn(CC)cc32)cc1. The Morgan fingerprint density at radius 2 is 1.69 bits per heavy atom. The van der Waals surface area contributed by atoms with E-state index in [2.05, 4.69) is 10.4 Å². The number of benzene rings is 2. The van der Waals surface area contributed by atoms with Crippen molar-refractivity contribution in [2.75, 3.05) is 11.9 Å². The maximum atomic E-state index is 13.3. The van der Waals surface area contributed by atoms with Crippen LogP contribution in [0.2, 0.25) is 0 Å². The van der Waals surface area contributed by atoms with E-state index >= 15 is 0 Å². The molecule has 0 saturated heterocycles. The Morgan fingerprint density at radius 3 is 2.34 bits per heavy atom. The number of carbonyl (C=O) groups excluding carboxylic acids is 2. The van der Waals surface area contributed by atoms with Gasteiger partial charge >= 0.3 is 11.7 Å². The van der Waals surface area contributed by atoms with Crippen LogP contribution < -0.4 is 16.6 Å². The van der Waals surface area contributed by atoms with Gasteiger partial charge < -0.3 is 10.1 Å². The van der Waals surface area contributed by atoms with Crippen LogP contribution >= 0.6 is 0 Å². The van der Waals surface area contributed by atoms with Crippen molar-refractivity contribution in [3.05, 3.63) is 92.8 Å². The van der Waals surface area contributed by atoms with Gasteiger partial charge in [-0.2, -0.15) is 5.10 Å². The van der Waals surface area contributed by atoms with Crippen molar-refractivity contribution in [1.29, 1.82) is 0 Å². The topological polar surface area (TPSA) is 117 Å². The zero-order valence-corrected chi connectivity index (χ0v) is 19.4. The van der Waals surface area contributed by atoms with Gasteiger partial charge in [0.15, 0.2) is 5.52 Å². The number of rotatable bonds is 8. The van der Waals surface area contributed by atoms with E-state index in [0.717, 1.165) is 10.1 Å². The highest BCUT2D eigenvalue weighted by Gasteiger charge is 2.19. The summed E-state index contributed by atoms with van der Waals surface area (Å²) < 4.78 is 8.85. The third kappa shape index (κ3) is 5.06. The lowest BCUT2D eigenvalue weighted by molar-refractivity contribution is -0.116. The molecule has 0 saturated carbocycles. The number of esters is 1. The van der Waals surface area contributed by atoms with Crippen LogP contribution in [0.3, 0.4) is 0 Å². The van der Waals surface area contributed by atoms with Crippen molar-refractivity contribution < 1.29 is 14.3 Å². The molecule has 2 heterocycles. The average Bonchev–Trinajstić information content (AvgIpc) is 3.30. The molecule has 2 aromatic heterocycles. The van der Waals surface area contributed by atoms with E-state index in [-0.39, 0.29) is 25.2 Å². The lowest BCUT2D eigenvalue weighted by atomic mass is 10.2. The molecule has 0 aliphatic heterocycles. The first kappa shape index (κ1) is 23.7. The summed E-state index contributed by atoms with van der Waals surface area (Å²) >= 11 is 0. The van der Waals surface area contributed by atoms with E-state index in [1.807, 2.05) is 37.3 Å². The van der Waals surface area contributed by atoms with Gasteiger partial charge in [0.25, 0.3) is 5.56 Å². The van der Waals surface area contributed by atoms with Crippen LogP contribution in [-0.2, 0) is 29.2 Å². The minimum Gasteiger partial charge on any atom is -0.462 e. The van der Waals surface area contributed by atoms with Crippen LogP contribution in [-0.4, -0.2) is 37.4 Å². The van der Waals surface area contributed by atoms with Gasteiger partial charge in [0.2, 0.25) is 5.91 Å². The maximum absolute atomic E-state index is 13.3. The lowest BCUT2D eigenvalue weighted by Crippen LogP contribution is -2.41. The Hall–Kier alpha value is -4.47. The second kappa shape index (κ2) is 10.2. The van der Waals surface area contributed by atoms with E-state index in [1.54, 1.807) is 42.1 Å². The monoisotopic (exact) mass is 475 g/mol. The number of nitrogens with zero attached hydrogens (tertiary/aromatic N) is 4. The first-order valence-corrected chi connectivity index (χ1v) is 11.2. The van der Waals surface area contributed by atoms with Crippen LogP contribution in [0.15, 0.2) is 70.4 Å². The highest BCUT2D eigenvalue weighted by molar-refractivity contribution is 5.93. The molecule has 0 aliphatic rings. The number of nitrogens with one attached hydrogen (secondary N) is 1. The van der Waals surface area contributed by atoms with Crippen molar-refractivity contribution in [3.8, 4) is 0 Å². The molecule has 0 unspecified atom stereocenters. The molecule has 0 aliphatic carbocycles. The number of fused-ring (bicyclic) bond motifs is 1. The fourth-order valence-electron chi connectivity index (χ4n) is 3.69. The van der Waals surface area contributed by atoms with Crippen molar-refractivity contribution in [3.63, 3.8) is 0 Å². The van der Waals surface area contributed by atoms with Crippen molar-refractivity contribution in [2.24, 2.45) is 0 Å². The van der Waals surface area contributed by atoms with E-state index in [1.165, 1.54) is 4.57 Å². The second-order valence-electron chi connectivity index (χ2n) is 7.81. The first-order chi connectivity index (χ1) is 16.9. The normalized spacial score (nSPS) is 10.9. The molecule has 4 aromatic rings. The summed E-state index contributed by atoms with van der Waals surface area (Å²) in [6.45, 7) is 4.09. The summed E-state index contributed by atoms with van der Waals surface area (Å²) in [7, 11) is 0. The number of ether oxygens (including phenoxy) is 1. The third-order valence-corrected chi connectivity index (χ3v) is 5.43. The van der Waals surface area contributed by atoms with Gasteiger partial charge in [-0.1, -0.05) is 30.3 Å². The molecule has 1 amide bonds. The molecule has 180 valence electrons. The molecule has 0 bridgehead atoms. The predicted octanol–water partition coefficient (Wildman–Crippen LogP) is 2.24. The van der Waals surface area contributed by atoms with Gasteiger partial charge in [0.1, 0.15) is 6.54 Å². The Balaban J connectivity index is 1.65. The summed E-state index contributed by atoms with van der Waals surface area (Å²) in [5.41, 5.74) is 0.894. The van der Waals surface area contributed by atoms with Gasteiger partial charge in [-0.05, 0) is 43.7 Å². The smallest absolute Gasteiger partial charge is 0.338 e. The van der Waals surface area contributed by atoms with Crippen molar-refractivity contribution >= 4 is 28.6 Å². The molecule has 4 rings (SSSR count). The number of hydrogen-bond acceptors (Lipinski definition) is 6. The first-order valence-electron chi connectivity index (χ1n) is 11.2. The van der Waals surface area contributed by atoms with E-state index in [9.17, 15) is 19.2 Å². The van der Waals surface area contributed by atoms with Crippen molar-refractivity contribution in [2.45, 2.75) is 33.5 Å². The van der Waals surface area contributed by atoms with Gasteiger partial charge in [-0.3, -0.25) is 23.4 Å². The Kier molecular flexibility index (Phi) is 6.91. The fraction of sp³-hybridized carbons (Fsp3) is 0.240. The van der Waals surface area contributed by atoms with Crippen LogP contribution in [0.1, 0.15) is 29.8 Å². The van der Waals surface area contributed by atoms with Gasteiger partial charge in [-0.25, -0.2) is 9.59 Å². The van der Waals surface area contributed by atoms with Gasteiger partial charge in [0, 0.05) is 18.4 Å². The van der Waals surface area contributed by atoms with Crippen LogP contribution in [0, 0.1) is 0 Å². The zero-order chi connectivity index (χ0) is 24.9. The summed E-state index contributed by atoms with van der Waals surface area (Å²) in [5, 5.41) is 7.04. The van der Waals surface area contributed by atoms with E-state index in [0.29, 0.717) is 23.3 Å². The maximum Gasteiger partial charge on any atom is 0.338 e. The fourth-order valence-corrected chi connectivity index (χ4v) is 3.69. The molecule has 2 aromatic carbocycles. The van der Waals surface area contributed by atoms with E-state index < -0.39 is 23.1 Å². The molecule has 1 N–H and O–H groups in total. The molecule has 35 heavy (non-hydrogen) atoms. The lowest BCUT2D eigenvalue weighted by Gasteiger charge is -2.12. The largest absolute Gasteiger partial charge is 0.462 e. The zero-order valence-electron chi connectivity index (χ0n) is 19.4. The molecule has 0 atom stereocenters. The summed E-state index contributed by atoms with van der Waals surface area (Å²) in [6, 6.07) is 15.4. The van der Waals surface area contributed by atoms with Gasteiger partial charge in [0.05, 0.1) is 24.2 Å². The highest BCUT2D eigenvalue weighted by atomic mass is 16.5. The average molecular weight is 476 g/mol. The molecule has 0 spiro atoms. The van der Waals surface area contributed by atoms with Crippen LogP contribution in [0.25, 0.3) is 11.0 Å². The molecule has 10 nitrogen and oxygen atoms in total. The molecule has 0 radical (unpaired) electrons. The number of amides is 1. The molecular formula is C25H25N5O5. The summed E-state index contributed by atoms with van der Waals surface area (Å²) in [4.78, 5) is 51.1. The molecule has 0 fully saturated rings.